The van der Waals surface area contributed by atoms with E-state index in [-0.39, 0.29) is 11.8 Å². The van der Waals surface area contributed by atoms with Crippen LogP contribution in [0.2, 0.25) is 0 Å². The quantitative estimate of drug-likeness (QED) is 0.857. The smallest absolute Gasteiger partial charge is 0.326 e. The normalized spacial score (nSPS) is 12.2. The maximum atomic E-state index is 12.2. The van der Waals surface area contributed by atoms with E-state index in [0.717, 1.165) is 11.4 Å². The zero-order valence-electron chi connectivity index (χ0n) is 13.5. The highest BCUT2D eigenvalue weighted by Crippen LogP contribution is 2.12. The fraction of sp³-hybridized carbons (Fsp3) is 0.353. The van der Waals surface area contributed by atoms with E-state index in [1.807, 2.05) is 26.8 Å². The van der Waals surface area contributed by atoms with Crippen LogP contribution in [-0.4, -0.2) is 32.8 Å². The summed E-state index contributed by atoms with van der Waals surface area (Å²) >= 11 is 0. The number of aliphatic carboxylic acids is 1. The summed E-state index contributed by atoms with van der Waals surface area (Å²) in [6.07, 6.45) is 2.10. The van der Waals surface area contributed by atoms with Crippen molar-refractivity contribution < 1.29 is 14.7 Å². The molecule has 0 saturated heterocycles. The van der Waals surface area contributed by atoms with Crippen molar-refractivity contribution in [2.24, 2.45) is 5.92 Å². The van der Waals surface area contributed by atoms with Gasteiger partial charge in [0.25, 0.3) is 5.91 Å². The summed E-state index contributed by atoms with van der Waals surface area (Å²) in [7, 11) is 0. The molecule has 1 atom stereocenters. The van der Waals surface area contributed by atoms with Crippen LogP contribution in [-0.2, 0) is 4.79 Å². The first-order chi connectivity index (χ1) is 10.9. The van der Waals surface area contributed by atoms with Gasteiger partial charge in [-0.3, -0.25) is 4.79 Å². The number of aryl methyl sites for hydroxylation is 1. The van der Waals surface area contributed by atoms with Crippen molar-refractivity contribution in [3.05, 3.63) is 47.8 Å². The molecule has 0 radical (unpaired) electrons. The average Bonchev–Trinajstić information content (AvgIpc) is 2.92. The number of hydrogen-bond donors (Lipinski definition) is 2. The fourth-order valence-electron chi connectivity index (χ4n) is 2.33. The Morgan fingerprint density at radius 1 is 1.22 bits per heavy atom. The second-order valence-corrected chi connectivity index (χ2v) is 5.93. The number of nitrogens with zero attached hydrogens (tertiary/aromatic N) is 2. The Bertz CT molecular complexity index is 689. The summed E-state index contributed by atoms with van der Waals surface area (Å²) in [6.45, 7) is 5.78. The molecule has 0 spiro atoms. The van der Waals surface area contributed by atoms with Crippen LogP contribution in [0.15, 0.2) is 36.5 Å². The first-order valence-corrected chi connectivity index (χ1v) is 7.53. The molecule has 2 rings (SSSR count). The van der Waals surface area contributed by atoms with Crippen LogP contribution >= 0.6 is 0 Å². The molecule has 0 aliphatic rings. The molecule has 2 aromatic rings. The van der Waals surface area contributed by atoms with Gasteiger partial charge < -0.3 is 10.4 Å². The summed E-state index contributed by atoms with van der Waals surface area (Å²) in [5, 5.41) is 16.0. The van der Waals surface area contributed by atoms with E-state index in [0.29, 0.717) is 12.0 Å². The Balaban J connectivity index is 2.11. The largest absolute Gasteiger partial charge is 0.480 e. The van der Waals surface area contributed by atoms with Crippen molar-refractivity contribution in [1.29, 1.82) is 0 Å². The van der Waals surface area contributed by atoms with Gasteiger partial charge in [-0.15, -0.1) is 0 Å². The van der Waals surface area contributed by atoms with E-state index in [1.54, 1.807) is 35.1 Å². The number of carboxylic acid groups (broad SMARTS) is 1. The van der Waals surface area contributed by atoms with Crippen LogP contribution in [0.1, 0.15) is 36.3 Å². The maximum absolute atomic E-state index is 12.2. The molecule has 0 aliphatic carbocycles. The van der Waals surface area contributed by atoms with Gasteiger partial charge in [0, 0.05) is 17.5 Å². The highest BCUT2D eigenvalue weighted by molar-refractivity contribution is 5.96. The average molecular weight is 315 g/mol. The van der Waals surface area contributed by atoms with E-state index in [2.05, 4.69) is 10.4 Å². The zero-order valence-corrected chi connectivity index (χ0v) is 13.5. The van der Waals surface area contributed by atoms with E-state index in [1.165, 1.54) is 0 Å². The Morgan fingerprint density at radius 2 is 1.87 bits per heavy atom. The minimum atomic E-state index is -1.02. The van der Waals surface area contributed by atoms with Crippen molar-refractivity contribution in [2.75, 3.05) is 0 Å². The van der Waals surface area contributed by atoms with E-state index >= 15 is 0 Å². The summed E-state index contributed by atoms with van der Waals surface area (Å²) in [5.74, 6) is -1.22. The molecule has 2 N–H and O–H groups in total. The highest BCUT2D eigenvalue weighted by atomic mass is 16.4. The zero-order chi connectivity index (χ0) is 17.0. The second kappa shape index (κ2) is 7.09. The SMILES string of the molecule is Cc1ccnn1-c1ccc(C(=O)N[C@H](CC(C)C)C(=O)O)cc1. The first kappa shape index (κ1) is 16.7. The number of aromatic nitrogens is 2. The monoisotopic (exact) mass is 315 g/mol. The summed E-state index contributed by atoms with van der Waals surface area (Å²) in [4.78, 5) is 23.4. The Kier molecular flexibility index (Phi) is 5.16. The van der Waals surface area contributed by atoms with Crippen LogP contribution in [0, 0.1) is 12.8 Å². The van der Waals surface area contributed by atoms with Crippen LogP contribution in [0.3, 0.4) is 0 Å². The number of carbonyl (C=O) groups excluding carboxylic acids is 1. The third kappa shape index (κ3) is 4.18. The molecule has 0 aliphatic heterocycles. The van der Waals surface area contributed by atoms with Crippen molar-refractivity contribution in [3.8, 4) is 5.69 Å². The molecular formula is C17H21N3O3. The van der Waals surface area contributed by atoms with E-state index < -0.39 is 12.0 Å². The Hall–Kier alpha value is -2.63. The topological polar surface area (TPSA) is 84.2 Å². The lowest BCUT2D eigenvalue weighted by Crippen LogP contribution is -2.41. The number of hydrogen-bond acceptors (Lipinski definition) is 3. The van der Waals surface area contributed by atoms with Gasteiger partial charge in [0.1, 0.15) is 6.04 Å². The molecule has 1 aromatic carbocycles. The molecule has 0 bridgehead atoms. The summed E-state index contributed by atoms with van der Waals surface area (Å²) in [5.41, 5.74) is 2.26. The van der Waals surface area contributed by atoms with Gasteiger partial charge in [-0.2, -0.15) is 5.10 Å². The summed E-state index contributed by atoms with van der Waals surface area (Å²) < 4.78 is 1.76. The van der Waals surface area contributed by atoms with Gasteiger partial charge in [-0.25, -0.2) is 9.48 Å². The lowest BCUT2D eigenvalue weighted by Gasteiger charge is -2.16. The van der Waals surface area contributed by atoms with Crippen LogP contribution < -0.4 is 5.32 Å². The van der Waals surface area contributed by atoms with Crippen LogP contribution in [0.25, 0.3) is 5.69 Å². The van der Waals surface area contributed by atoms with E-state index in [9.17, 15) is 14.7 Å². The van der Waals surface area contributed by atoms with Gasteiger partial charge in [0.15, 0.2) is 0 Å². The van der Waals surface area contributed by atoms with Crippen molar-refractivity contribution >= 4 is 11.9 Å². The minimum Gasteiger partial charge on any atom is -0.480 e. The first-order valence-electron chi connectivity index (χ1n) is 7.53. The third-order valence-corrected chi connectivity index (χ3v) is 3.52. The molecular weight excluding hydrogens is 294 g/mol. The number of amides is 1. The number of nitrogens with one attached hydrogen (secondary N) is 1. The maximum Gasteiger partial charge on any atom is 0.326 e. The molecule has 1 aromatic heterocycles. The molecule has 122 valence electrons. The molecule has 0 unspecified atom stereocenters. The number of carboxylic acids is 1. The van der Waals surface area contributed by atoms with E-state index in [4.69, 9.17) is 0 Å². The minimum absolute atomic E-state index is 0.182. The van der Waals surface area contributed by atoms with Gasteiger partial charge in [-0.05, 0) is 49.6 Å². The van der Waals surface area contributed by atoms with Gasteiger partial charge >= 0.3 is 5.97 Å². The third-order valence-electron chi connectivity index (χ3n) is 3.52. The fourth-order valence-corrected chi connectivity index (χ4v) is 2.33. The van der Waals surface area contributed by atoms with Crippen molar-refractivity contribution in [2.45, 2.75) is 33.2 Å². The molecule has 0 fully saturated rings. The van der Waals surface area contributed by atoms with Gasteiger partial charge in [0.2, 0.25) is 0 Å². The molecule has 6 nitrogen and oxygen atoms in total. The van der Waals surface area contributed by atoms with Gasteiger partial charge in [-0.1, -0.05) is 13.8 Å². The molecule has 23 heavy (non-hydrogen) atoms. The Morgan fingerprint density at radius 3 is 2.35 bits per heavy atom. The number of carbonyl (C=O) groups is 2. The molecule has 1 amide bonds. The summed E-state index contributed by atoms with van der Waals surface area (Å²) in [6, 6.07) is 7.92. The predicted octanol–water partition coefficient (Wildman–Crippen LogP) is 2.41. The van der Waals surface area contributed by atoms with Gasteiger partial charge in [0.05, 0.1) is 5.69 Å². The van der Waals surface area contributed by atoms with Crippen LogP contribution in [0.5, 0.6) is 0 Å². The standard InChI is InChI=1S/C17H21N3O3/c1-11(2)10-15(17(22)23)19-16(21)13-4-6-14(7-5-13)20-12(3)8-9-18-20/h4-9,11,15H,10H2,1-3H3,(H,19,21)(H,22,23)/t15-/m1/s1. The molecule has 1 heterocycles. The molecule has 6 heteroatoms. The Labute approximate surface area is 135 Å². The van der Waals surface area contributed by atoms with Crippen molar-refractivity contribution in [3.63, 3.8) is 0 Å². The second-order valence-electron chi connectivity index (χ2n) is 5.93. The predicted molar refractivity (Wildman–Crippen MR) is 86.6 cm³/mol. The highest BCUT2D eigenvalue weighted by Gasteiger charge is 2.21. The lowest BCUT2D eigenvalue weighted by atomic mass is 10.0. The lowest BCUT2D eigenvalue weighted by molar-refractivity contribution is -0.139. The van der Waals surface area contributed by atoms with Crippen LogP contribution in [0.4, 0.5) is 0 Å². The van der Waals surface area contributed by atoms with Crippen molar-refractivity contribution in [1.82, 2.24) is 15.1 Å². The molecule has 0 saturated carbocycles. The number of rotatable bonds is 6. The number of benzene rings is 1.